The molecule has 0 aliphatic rings. The Labute approximate surface area is 171 Å². The Morgan fingerprint density at radius 2 is 1.86 bits per heavy atom. The topological polar surface area (TPSA) is 71.1 Å². The van der Waals surface area contributed by atoms with Gasteiger partial charge in [-0.1, -0.05) is 40.2 Å². The van der Waals surface area contributed by atoms with E-state index in [9.17, 15) is 9.59 Å². The van der Waals surface area contributed by atoms with Crippen LogP contribution in [-0.2, 0) is 11.3 Å². The minimum atomic E-state index is -0.216. The number of carbonyl (C=O) groups excluding carboxylic acids is 2. The van der Waals surface area contributed by atoms with Gasteiger partial charge in [0.1, 0.15) is 0 Å². The van der Waals surface area contributed by atoms with Crippen LogP contribution in [0.4, 0.5) is 5.69 Å². The fraction of sp³-hybridized carbons (Fsp3) is 0.0455. The Kier molecular flexibility index (Phi) is 6.70. The predicted molar refractivity (Wildman–Crippen MR) is 114 cm³/mol. The quantitative estimate of drug-likeness (QED) is 0.562. The number of hydrogen-bond donors (Lipinski definition) is 2. The molecule has 0 saturated heterocycles. The molecular formula is C22H18BrN3O2. The molecule has 0 saturated carbocycles. The van der Waals surface area contributed by atoms with Crippen molar-refractivity contribution >= 4 is 39.5 Å². The third kappa shape index (κ3) is 5.89. The van der Waals surface area contributed by atoms with Crippen LogP contribution in [0, 0.1) is 0 Å². The molecule has 0 unspecified atom stereocenters. The zero-order valence-electron chi connectivity index (χ0n) is 14.9. The fourth-order valence-electron chi connectivity index (χ4n) is 2.44. The molecule has 0 atom stereocenters. The number of nitrogens with zero attached hydrogens (tertiary/aromatic N) is 1. The van der Waals surface area contributed by atoms with Crippen LogP contribution in [0.15, 0.2) is 83.6 Å². The first-order valence-electron chi connectivity index (χ1n) is 8.62. The first kappa shape index (κ1) is 19.5. The van der Waals surface area contributed by atoms with E-state index in [2.05, 4.69) is 31.5 Å². The predicted octanol–water partition coefficient (Wildman–Crippen LogP) is 4.43. The Hall–Kier alpha value is -3.25. The van der Waals surface area contributed by atoms with E-state index in [0.29, 0.717) is 17.8 Å². The van der Waals surface area contributed by atoms with Crippen LogP contribution in [0.5, 0.6) is 0 Å². The number of anilines is 1. The van der Waals surface area contributed by atoms with E-state index >= 15 is 0 Å². The van der Waals surface area contributed by atoms with Crippen molar-refractivity contribution in [1.82, 2.24) is 10.3 Å². The molecule has 3 rings (SSSR count). The average Bonchev–Trinajstić information content (AvgIpc) is 2.72. The number of nitrogens with one attached hydrogen (secondary N) is 2. The van der Waals surface area contributed by atoms with E-state index in [1.807, 2.05) is 36.4 Å². The van der Waals surface area contributed by atoms with Gasteiger partial charge < -0.3 is 10.6 Å². The van der Waals surface area contributed by atoms with E-state index < -0.39 is 0 Å². The molecule has 1 heterocycles. The molecule has 5 nitrogen and oxygen atoms in total. The standard InChI is InChI=1S/C22H18BrN3O2/c23-19-5-1-3-16(13-19)8-11-21(27)25-14-17-6-9-20(10-7-17)26-22(28)18-4-2-12-24-15-18/h1-13,15H,14H2,(H,25,27)(H,26,28)/b11-8+. The van der Waals surface area contributed by atoms with Gasteiger partial charge in [-0.05, 0) is 53.6 Å². The fourth-order valence-corrected chi connectivity index (χ4v) is 2.85. The Morgan fingerprint density at radius 1 is 1.04 bits per heavy atom. The maximum Gasteiger partial charge on any atom is 0.257 e. The van der Waals surface area contributed by atoms with Gasteiger partial charge in [0.2, 0.25) is 5.91 Å². The number of benzene rings is 2. The number of pyridine rings is 1. The van der Waals surface area contributed by atoms with Gasteiger partial charge in [-0.2, -0.15) is 0 Å². The van der Waals surface area contributed by atoms with E-state index in [1.54, 1.807) is 36.5 Å². The summed E-state index contributed by atoms with van der Waals surface area (Å²) in [7, 11) is 0. The summed E-state index contributed by atoms with van der Waals surface area (Å²) in [6, 6.07) is 18.4. The van der Waals surface area contributed by atoms with Crippen molar-refractivity contribution in [3.8, 4) is 0 Å². The number of halogens is 1. The van der Waals surface area contributed by atoms with Crippen molar-refractivity contribution in [2.45, 2.75) is 6.54 Å². The zero-order valence-corrected chi connectivity index (χ0v) is 16.5. The lowest BCUT2D eigenvalue weighted by Gasteiger charge is -2.07. The smallest absolute Gasteiger partial charge is 0.257 e. The minimum Gasteiger partial charge on any atom is -0.348 e. The number of amides is 2. The molecule has 0 aliphatic heterocycles. The first-order chi connectivity index (χ1) is 13.6. The summed E-state index contributed by atoms with van der Waals surface area (Å²) >= 11 is 3.40. The van der Waals surface area contributed by atoms with Gasteiger partial charge in [-0.25, -0.2) is 0 Å². The van der Waals surface area contributed by atoms with Crippen molar-refractivity contribution in [2.24, 2.45) is 0 Å². The van der Waals surface area contributed by atoms with Crippen LogP contribution in [0.3, 0.4) is 0 Å². The molecule has 6 heteroatoms. The molecule has 2 N–H and O–H groups in total. The van der Waals surface area contributed by atoms with Crippen molar-refractivity contribution in [3.05, 3.63) is 100 Å². The van der Waals surface area contributed by atoms with Crippen LogP contribution in [0.2, 0.25) is 0 Å². The zero-order chi connectivity index (χ0) is 19.8. The Balaban J connectivity index is 1.50. The highest BCUT2D eigenvalue weighted by molar-refractivity contribution is 9.10. The highest BCUT2D eigenvalue weighted by Gasteiger charge is 2.05. The van der Waals surface area contributed by atoms with Crippen LogP contribution >= 0.6 is 15.9 Å². The van der Waals surface area contributed by atoms with Crippen LogP contribution < -0.4 is 10.6 Å². The first-order valence-corrected chi connectivity index (χ1v) is 9.41. The second-order valence-electron chi connectivity index (χ2n) is 6.00. The van der Waals surface area contributed by atoms with Gasteiger partial charge in [0, 0.05) is 35.2 Å². The molecule has 0 radical (unpaired) electrons. The number of aromatic nitrogens is 1. The molecule has 3 aromatic rings. The van der Waals surface area contributed by atoms with Gasteiger partial charge in [0.25, 0.3) is 5.91 Å². The summed E-state index contributed by atoms with van der Waals surface area (Å²) in [5.74, 6) is -0.388. The summed E-state index contributed by atoms with van der Waals surface area (Å²) in [5.41, 5.74) is 3.05. The average molecular weight is 436 g/mol. The molecule has 2 aromatic carbocycles. The summed E-state index contributed by atoms with van der Waals surface area (Å²) in [4.78, 5) is 28.0. The third-order valence-electron chi connectivity index (χ3n) is 3.88. The lowest BCUT2D eigenvalue weighted by atomic mass is 10.2. The van der Waals surface area contributed by atoms with Crippen molar-refractivity contribution < 1.29 is 9.59 Å². The molecule has 140 valence electrons. The lowest BCUT2D eigenvalue weighted by Crippen LogP contribution is -2.20. The molecule has 0 bridgehead atoms. The summed E-state index contributed by atoms with van der Waals surface area (Å²) in [6.07, 6.45) is 6.40. The molecule has 2 amide bonds. The minimum absolute atomic E-state index is 0.172. The van der Waals surface area contributed by atoms with Crippen molar-refractivity contribution in [3.63, 3.8) is 0 Å². The van der Waals surface area contributed by atoms with Crippen molar-refractivity contribution in [2.75, 3.05) is 5.32 Å². The third-order valence-corrected chi connectivity index (χ3v) is 4.37. The van der Waals surface area contributed by atoms with Crippen LogP contribution in [-0.4, -0.2) is 16.8 Å². The highest BCUT2D eigenvalue weighted by Crippen LogP contribution is 2.13. The van der Waals surface area contributed by atoms with Gasteiger partial charge in [0.05, 0.1) is 5.56 Å². The Bertz CT molecular complexity index is 986. The monoisotopic (exact) mass is 435 g/mol. The maximum absolute atomic E-state index is 12.1. The summed E-state index contributed by atoms with van der Waals surface area (Å²) in [5, 5.41) is 5.65. The second kappa shape index (κ2) is 9.62. The van der Waals surface area contributed by atoms with Crippen LogP contribution in [0.25, 0.3) is 6.08 Å². The normalized spacial score (nSPS) is 10.6. The largest absolute Gasteiger partial charge is 0.348 e. The van der Waals surface area contributed by atoms with E-state index in [0.717, 1.165) is 15.6 Å². The molecular weight excluding hydrogens is 418 g/mol. The number of rotatable bonds is 6. The second-order valence-corrected chi connectivity index (χ2v) is 6.91. The lowest BCUT2D eigenvalue weighted by molar-refractivity contribution is -0.116. The van der Waals surface area contributed by atoms with E-state index in [4.69, 9.17) is 0 Å². The summed E-state index contributed by atoms with van der Waals surface area (Å²) in [6.45, 7) is 0.401. The molecule has 1 aromatic heterocycles. The number of hydrogen-bond acceptors (Lipinski definition) is 3. The maximum atomic E-state index is 12.1. The molecule has 0 aliphatic carbocycles. The van der Waals surface area contributed by atoms with E-state index in [-0.39, 0.29) is 11.8 Å². The molecule has 0 spiro atoms. The van der Waals surface area contributed by atoms with Gasteiger partial charge >= 0.3 is 0 Å². The SMILES string of the molecule is O=C(/C=C/c1cccc(Br)c1)NCc1ccc(NC(=O)c2cccnc2)cc1. The van der Waals surface area contributed by atoms with E-state index in [1.165, 1.54) is 12.3 Å². The van der Waals surface area contributed by atoms with Gasteiger partial charge in [-0.15, -0.1) is 0 Å². The summed E-state index contributed by atoms with van der Waals surface area (Å²) < 4.78 is 0.964. The van der Waals surface area contributed by atoms with Crippen LogP contribution in [0.1, 0.15) is 21.5 Å². The van der Waals surface area contributed by atoms with Gasteiger partial charge in [-0.3, -0.25) is 14.6 Å². The van der Waals surface area contributed by atoms with Gasteiger partial charge in [0.15, 0.2) is 0 Å². The van der Waals surface area contributed by atoms with Crippen molar-refractivity contribution in [1.29, 1.82) is 0 Å². The molecule has 0 fully saturated rings. The number of carbonyl (C=O) groups is 2. The highest BCUT2D eigenvalue weighted by atomic mass is 79.9. The Morgan fingerprint density at radius 3 is 2.57 bits per heavy atom. The molecule has 28 heavy (non-hydrogen) atoms.